The standard InChI is InChI=1S/C14H10N4O2/c19-14(20)12-7-17-13(8-16-12)18-11-3-1-2-9-6-15-5-4-10(9)11/h1-8H,(H,17,18)(H,19,20). The van der Waals surface area contributed by atoms with Gasteiger partial charge in [-0.2, -0.15) is 0 Å². The lowest BCUT2D eigenvalue weighted by molar-refractivity contribution is 0.0690. The molecule has 1 aromatic carbocycles. The zero-order valence-corrected chi connectivity index (χ0v) is 10.3. The summed E-state index contributed by atoms with van der Waals surface area (Å²) in [5, 5.41) is 13.9. The van der Waals surface area contributed by atoms with Crippen LogP contribution in [0.4, 0.5) is 11.5 Å². The first-order valence-electron chi connectivity index (χ1n) is 5.89. The molecule has 3 rings (SSSR count). The molecule has 6 nitrogen and oxygen atoms in total. The van der Waals surface area contributed by atoms with Crippen molar-refractivity contribution in [3.8, 4) is 0 Å². The molecule has 0 spiro atoms. The van der Waals surface area contributed by atoms with Crippen molar-refractivity contribution < 1.29 is 9.90 Å². The fraction of sp³-hybridized carbons (Fsp3) is 0. The second-order valence-electron chi connectivity index (χ2n) is 4.12. The molecule has 0 radical (unpaired) electrons. The van der Waals surface area contributed by atoms with Crippen molar-refractivity contribution in [2.75, 3.05) is 5.32 Å². The predicted octanol–water partition coefficient (Wildman–Crippen LogP) is 2.47. The van der Waals surface area contributed by atoms with Gasteiger partial charge in [-0.15, -0.1) is 0 Å². The highest BCUT2D eigenvalue weighted by molar-refractivity contribution is 5.94. The number of fused-ring (bicyclic) bond motifs is 1. The predicted molar refractivity (Wildman–Crippen MR) is 74.0 cm³/mol. The van der Waals surface area contributed by atoms with Gasteiger partial charge in [-0.05, 0) is 12.1 Å². The van der Waals surface area contributed by atoms with Crippen LogP contribution >= 0.6 is 0 Å². The van der Waals surface area contributed by atoms with Gasteiger partial charge in [0, 0.05) is 28.9 Å². The second-order valence-corrected chi connectivity index (χ2v) is 4.12. The summed E-state index contributed by atoms with van der Waals surface area (Å²) in [6.45, 7) is 0. The highest BCUT2D eigenvalue weighted by atomic mass is 16.4. The minimum atomic E-state index is -1.10. The van der Waals surface area contributed by atoms with Crippen molar-refractivity contribution in [2.24, 2.45) is 0 Å². The molecule has 0 saturated carbocycles. The van der Waals surface area contributed by atoms with E-state index < -0.39 is 5.97 Å². The van der Waals surface area contributed by atoms with Gasteiger partial charge >= 0.3 is 5.97 Å². The van der Waals surface area contributed by atoms with E-state index in [-0.39, 0.29) is 5.69 Å². The van der Waals surface area contributed by atoms with Crippen LogP contribution in [0, 0.1) is 0 Å². The second kappa shape index (κ2) is 4.93. The molecule has 0 aliphatic rings. The van der Waals surface area contributed by atoms with Crippen molar-refractivity contribution in [1.29, 1.82) is 0 Å². The fourth-order valence-electron chi connectivity index (χ4n) is 1.87. The Morgan fingerprint density at radius 2 is 2.00 bits per heavy atom. The number of benzene rings is 1. The molecule has 2 N–H and O–H groups in total. The maximum absolute atomic E-state index is 10.7. The molecule has 0 saturated heterocycles. The van der Waals surface area contributed by atoms with Crippen LogP contribution in [0.15, 0.2) is 49.1 Å². The van der Waals surface area contributed by atoms with Crippen LogP contribution in [-0.4, -0.2) is 26.0 Å². The average Bonchev–Trinajstić information content (AvgIpc) is 2.48. The van der Waals surface area contributed by atoms with Gasteiger partial charge in [-0.25, -0.2) is 14.8 Å². The Morgan fingerprint density at radius 1 is 1.10 bits per heavy atom. The molecule has 0 fully saturated rings. The Kier molecular flexibility index (Phi) is 2.96. The quantitative estimate of drug-likeness (QED) is 0.757. The van der Waals surface area contributed by atoms with Crippen LogP contribution in [-0.2, 0) is 0 Å². The van der Waals surface area contributed by atoms with Crippen molar-refractivity contribution in [1.82, 2.24) is 15.0 Å². The molecule has 2 aromatic heterocycles. The largest absolute Gasteiger partial charge is 0.476 e. The number of nitrogens with one attached hydrogen (secondary N) is 1. The number of hydrogen-bond acceptors (Lipinski definition) is 5. The van der Waals surface area contributed by atoms with E-state index in [1.54, 1.807) is 12.4 Å². The number of rotatable bonds is 3. The molecular formula is C14H10N4O2. The Labute approximate surface area is 114 Å². The number of aromatic carboxylic acids is 1. The van der Waals surface area contributed by atoms with E-state index in [4.69, 9.17) is 5.11 Å². The summed E-state index contributed by atoms with van der Waals surface area (Å²) in [6.07, 6.45) is 6.10. The van der Waals surface area contributed by atoms with Crippen molar-refractivity contribution in [2.45, 2.75) is 0 Å². The SMILES string of the molecule is O=C(O)c1cnc(Nc2cccc3cnccc23)cn1. The van der Waals surface area contributed by atoms with E-state index in [9.17, 15) is 4.79 Å². The topological polar surface area (TPSA) is 88.0 Å². The third kappa shape index (κ3) is 2.26. The summed E-state index contributed by atoms with van der Waals surface area (Å²) in [5.74, 6) is -0.611. The van der Waals surface area contributed by atoms with Gasteiger partial charge in [-0.1, -0.05) is 12.1 Å². The minimum Gasteiger partial charge on any atom is -0.476 e. The maximum Gasteiger partial charge on any atom is 0.356 e. The number of pyridine rings is 1. The number of anilines is 2. The summed E-state index contributed by atoms with van der Waals surface area (Å²) in [5.41, 5.74) is 0.778. The van der Waals surface area contributed by atoms with Gasteiger partial charge in [0.2, 0.25) is 0 Å². The van der Waals surface area contributed by atoms with Crippen LogP contribution in [0.3, 0.4) is 0 Å². The third-order valence-corrected chi connectivity index (χ3v) is 2.81. The van der Waals surface area contributed by atoms with E-state index in [0.717, 1.165) is 16.5 Å². The van der Waals surface area contributed by atoms with Gasteiger partial charge in [0.05, 0.1) is 12.4 Å². The number of nitrogens with zero attached hydrogens (tertiary/aromatic N) is 3. The number of carboxylic acids is 1. The molecule has 3 aromatic rings. The Bertz CT molecular complexity index is 766. The van der Waals surface area contributed by atoms with E-state index in [1.165, 1.54) is 12.4 Å². The van der Waals surface area contributed by atoms with Gasteiger partial charge in [0.25, 0.3) is 0 Å². The monoisotopic (exact) mass is 266 g/mol. The van der Waals surface area contributed by atoms with Crippen LogP contribution in [0.2, 0.25) is 0 Å². The Balaban J connectivity index is 1.95. The molecular weight excluding hydrogens is 256 g/mol. The van der Waals surface area contributed by atoms with E-state index in [2.05, 4.69) is 20.3 Å². The van der Waals surface area contributed by atoms with Crippen LogP contribution in [0.1, 0.15) is 10.5 Å². The van der Waals surface area contributed by atoms with Gasteiger partial charge in [0.1, 0.15) is 5.82 Å². The lowest BCUT2D eigenvalue weighted by Gasteiger charge is -2.08. The van der Waals surface area contributed by atoms with Crippen LogP contribution < -0.4 is 5.32 Å². The van der Waals surface area contributed by atoms with Gasteiger partial charge < -0.3 is 10.4 Å². The summed E-state index contributed by atoms with van der Waals surface area (Å²) in [4.78, 5) is 22.6. The summed E-state index contributed by atoms with van der Waals surface area (Å²) in [6, 6.07) is 7.68. The lowest BCUT2D eigenvalue weighted by atomic mass is 10.1. The molecule has 20 heavy (non-hydrogen) atoms. The highest BCUT2D eigenvalue weighted by Crippen LogP contribution is 2.24. The first-order chi connectivity index (χ1) is 9.74. The van der Waals surface area contributed by atoms with Crippen LogP contribution in [0.5, 0.6) is 0 Å². The zero-order chi connectivity index (χ0) is 13.9. The van der Waals surface area contributed by atoms with Crippen LogP contribution in [0.25, 0.3) is 10.8 Å². The first-order valence-corrected chi connectivity index (χ1v) is 5.89. The number of hydrogen-bond donors (Lipinski definition) is 2. The Morgan fingerprint density at radius 3 is 2.75 bits per heavy atom. The van der Waals surface area contributed by atoms with Crippen molar-refractivity contribution in [3.05, 3.63) is 54.7 Å². The summed E-state index contributed by atoms with van der Waals surface area (Å²) >= 11 is 0. The fourth-order valence-corrected chi connectivity index (χ4v) is 1.87. The lowest BCUT2D eigenvalue weighted by Crippen LogP contribution is -2.02. The van der Waals surface area contributed by atoms with Crippen molar-refractivity contribution >= 4 is 28.2 Å². The maximum atomic E-state index is 10.7. The van der Waals surface area contributed by atoms with Crippen molar-refractivity contribution in [3.63, 3.8) is 0 Å². The van der Waals surface area contributed by atoms with E-state index in [0.29, 0.717) is 5.82 Å². The molecule has 2 heterocycles. The minimum absolute atomic E-state index is 0.0855. The summed E-state index contributed by atoms with van der Waals surface area (Å²) in [7, 11) is 0. The third-order valence-electron chi connectivity index (χ3n) is 2.81. The average molecular weight is 266 g/mol. The molecule has 0 bridgehead atoms. The molecule has 0 unspecified atom stereocenters. The molecule has 0 amide bonds. The molecule has 98 valence electrons. The van der Waals surface area contributed by atoms with Gasteiger partial charge in [0.15, 0.2) is 5.69 Å². The highest BCUT2D eigenvalue weighted by Gasteiger charge is 2.06. The van der Waals surface area contributed by atoms with Gasteiger partial charge in [-0.3, -0.25) is 4.98 Å². The normalized spacial score (nSPS) is 10.4. The number of aromatic nitrogens is 3. The number of carbonyl (C=O) groups is 1. The Hall–Kier alpha value is -3.02. The van der Waals surface area contributed by atoms with E-state index in [1.807, 2.05) is 24.3 Å². The molecule has 0 aliphatic heterocycles. The first kappa shape index (κ1) is 12.0. The molecule has 6 heteroatoms. The van der Waals surface area contributed by atoms with E-state index >= 15 is 0 Å². The smallest absolute Gasteiger partial charge is 0.356 e. The molecule has 0 aliphatic carbocycles. The number of carboxylic acid groups (broad SMARTS) is 1. The summed E-state index contributed by atoms with van der Waals surface area (Å²) < 4.78 is 0. The molecule has 0 atom stereocenters. The zero-order valence-electron chi connectivity index (χ0n) is 10.3.